The lowest BCUT2D eigenvalue weighted by Gasteiger charge is -2.32. The third-order valence-electron chi connectivity index (χ3n) is 5.44. The van der Waals surface area contributed by atoms with E-state index in [-0.39, 0.29) is 23.8 Å². The summed E-state index contributed by atoms with van der Waals surface area (Å²) >= 11 is 0. The van der Waals surface area contributed by atoms with Crippen molar-refractivity contribution in [1.29, 1.82) is 0 Å². The molecule has 0 unspecified atom stereocenters. The minimum Gasteiger partial charge on any atom is -0.493 e. The molecule has 1 aliphatic heterocycles. The normalized spacial score (nSPS) is 15.5. The number of methoxy groups -OCH3 is 2. The third kappa shape index (κ3) is 4.88. The van der Waals surface area contributed by atoms with E-state index < -0.39 is 0 Å². The zero-order chi connectivity index (χ0) is 20.8. The van der Waals surface area contributed by atoms with Gasteiger partial charge in [-0.15, -0.1) is 0 Å². The van der Waals surface area contributed by atoms with Gasteiger partial charge in [-0.05, 0) is 43.5 Å². The van der Waals surface area contributed by atoms with Gasteiger partial charge in [0.25, 0.3) is 5.91 Å². The first kappa shape index (κ1) is 20.7. The quantitative estimate of drug-likeness (QED) is 0.812. The van der Waals surface area contributed by atoms with E-state index in [0.717, 1.165) is 5.56 Å². The Morgan fingerprint density at radius 1 is 1.00 bits per heavy atom. The molecule has 0 saturated carbocycles. The second-order valence-electron chi connectivity index (χ2n) is 7.28. The van der Waals surface area contributed by atoms with E-state index in [9.17, 15) is 9.59 Å². The number of nitrogens with zero attached hydrogens (tertiary/aromatic N) is 1. The van der Waals surface area contributed by atoms with Gasteiger partial charge < -0.3 is 19.7 Å². The topological polar surface area (TPSA) is 67.9 Å². The first-order valence-corrected chi connectivity index (χ1v) is 9.90. The Kier molecular flexibility index (Phi) is 6.75. The van der Waals surface area contributed by atoms with Crippen molar-refractivity contribution in [2.45, 2.75) is 25.8 Å². The highest BCUT2D eigenvalue weighted by atomic mass is 16.5. The predicted octanol–water partition coefficient (Wildman–Crippen LogP) is 3.43. The van der Waals surface area contributed by atoms with Gasteiger partial charge in [0.15, 0.2) is 11.5 Å². The van der Waals surface area contributed by atoms with Gasteiger partial charge in [0.2, 0.25) is 5.91 Å². The first-order chi connectivity index (χ1) is 14.0. The minimum absolute atomic E-state index is 0.0323. The van der Waals surface area contributed by atoms with Crippen molar-refractivity contribution in [3.05, 3.63) is 59.7 Å². The second-order valence-corrected chi connectivity index (χ2v) is 7.28. The molecular weight excluding hydrogens is 368 g/mol. The fourth-order valence-corrected chi connectivity index (χ4v) is 3.65. The molecule has 154 valence electrons. The molecule has 1 saturated heterocycles. The molecule has 1 atom stereocenters. The molecule has 1 N–H and O–H groups in total. The Morgan fingerprint density at radius 2 is 1.66 bits per heavy atom. The third-order valence-corrected chi connectivity index (χ3v) is 5.44. The summed E-state index contributed by atoms with van der Waals surface area (Å²) in [7, 11) is 3.11. The van der Waals surface area contributed by atoms with Crippen molar-refractivity contribution in [3.8, 4) is 11.5 Å². The van der Waals surface area contributed by atoms with Crippen molar-refractivity contribution >= 4 is 11.8 Å². The van der Waals surface area contributed by atoms with E-state index in [1.807, 2.05) is 37.3 Å². The summed E-state index contributed by atoms with van der Waals surface area (Å²) in [6.45, 7) is 3.11. The Morgan fingerprint density at radius 3 is 2.28 bits per heavy atom. The van der Waals surface area contributed by atoms with Crippen molar-refractivity contribution < 1.29 is 19.1 Å². The average molecular weight is 396 g/mol. The highest BCUT2D eigenvalue weighted by Gasteiger charge is 2.29. The molecule has 1 fully saturated rings. The van der Waals surface area contributed by atoms with Crippen LogP contribution in [0, 0.1) is 5.92 Å². The number of piperidine rings is 1. The average Bonchev–Trinajstić information content (AvgIpc) is 2.78. The smallest absolute Gasteiger partial charge is 0.253 e. The van der Waals surface area contributed by atoms with Crippen LogP contribution in [0.15, 0.2) is 48.5 Å². The van der Waals surface area contributed by atoms with Crippen LogP contribution in [0.3, 0.4) is 0 Å². The number of rotatable bonds is 6. The lowest BCUT2D eigenvalue weighted by Crippen LogP contribution is -2.43. The van der Waals surface area contributed by atoms with Crippen LogP contribution < -0.4 is 14.8 Å². The standard InChI is InChI=1S/C23H28N2O4/c1-16(17-7-5-4-6-8-17)24-22(26)18-11-13-25(14-12-18)23(27)19-9-10-20(28-2)21(15-19)29-3/h4-10,15-16,18H,11-14H2,1-3H3,(H,24,26)/t16-/m0/s1. The van der Waals surface area contributed by atoms with Gasteiger partial charge in [0.1, 0.15) is 0 Å². The second kappa shape index (κ2) is 9.45. The van der Waals surface area contributed by atoms with E-state index in [2.05, 4.69) is 5.32 Å². The summed E-state index contributed by atoms with van der Waals surface area (Å²) in [5, 5.41) is 3.10. The van der Waals surface area contributed by atoms with Gasteiger partial charge in [-0.2, -0.15) is 0 Å². The summed E-state index contributed by atoms with van der Waals surface area (Å²) in [6.07, 6.45) is 1.32. The lowest BCUT2D eigenvalue weighted by atomic mass is 9.94. The first-order valence-electron chi connectivity index (χ1n) is 9.90. The van der Waals surface area contributed by atoms with Crippen LogP contribution in [0.5, 0.6) is 11.5 Å². The molecule has 2 aromatic carbocycles. The number of nitrogens with one attached hydrogen (secondary N) is 1. The molecule has 2 aromatic rings. The number of hydrogen-bond donors (Lipinski definition) is 1. The van der Waals surface area contributed by atoms with Crippen LogP contribution in [0.25, 0.3) is 0 Å². The summed E-state index contributed by atoms with van der Waals surface area (Å²) in [5.74, 6) is 1.05. The van der Waals surface area contributed by atoms with Crippen molar-refractivity contribution in [2.24, 2.45) is 5.92 Å². The maximum Gasteiger partial charge on any atom is 0.253 e. The van der Waals surface area contributed by atoms with Crippen LogP contribution in [-0.2, 0) is 4.79 Å². The van der Waals surface area contributed by atoms with Gasteiger partial charge >= 0.3 is 0 Å². The Bertz CT molecular complexity index is 845. The fraction of sp³-hybridized carbons (Fsp3) is 0.391. The van der Waals surface area contributed by atoms with Crippen LogP contribution in [-0.4, -0.2) is 44.0 Å². The number of carbonyl (C=O) groups is 2. The van der Waals surface area contributed by atoms with E-state index in [1.54, 1.807) is 37.3 Å². The largest absolute Gasteiger partial charge is 0.493 e. The van der Waals surface area contributed by atoms with E-state index in [0.29, 0.717) is 43.0 Å². The molecular formula is C23H28N2O4. The zero-order valence-corrected chi connectivity index (χ0v) is 17.2. The van der Waals surface area contributed by atoms with Crippen molar-refractivity contribution in [1.82, 2.24) is 10.2 Å². The number of carbonyl (C=O) groups excluding carboxylic acids is 2. The molecule has 2 amide bonds. The molecule has 0 bridgehead atoms. The maximum absolute atomic E-state index is 12.8. The molecule has 0 spiro atoms. The minimum atomic E-state index is -0.0735. The van der Waals surface area contributed by atoms with E-state index in [4.69, 9.17) is 9.47 Å². The van der Waals surface area contributed by atoms with Crippen LogP contribution in [0.4, 0.5) is 0 Å². The van der Waals surface area contributed by atoms with Gasteiger partial charge in [-0.1, -0.05) is 30.3 Å². The molecule has 6 heteroatoms. The summed E-state index contributed by atoms with van der Waals surface area (Å²) in [4.78, 5) is 27.3. The van der Waals surface area contributed by atoms with Crippen molar-refractivity contribution in [2.75, 3.05) is 27.3 Å². The molecule has 6 nitrogen and oxygen atoms in total. The summed E-state index contributed by atoms with van der Waals surface area (Å²) < 4.78 is 10.5. The van der Waals surface area contributed by atoms with E-state index >= 15 is 0 Å². The number of benzene rings is 2. The fourth-order valence-electron chi connectivity index (χ4n) is 3.65. The van der Waals surface area contributed by atoms with E-state index in [1.165, 1.54) is 0 Å². The highest BCUT2D eigenvalue weighted by Crippen LogP contribution is 2.29. The molecule has 29 heavy (non-hydrogen) atoms. The number of hydrogen-bond acceptors (Lipinski definition) is 4. The molecule has 0 aromatic heterocycles. The molecule has 1 aliphatic rings. The Labute approximate surface area is 171 Å². The summed E-state index contributed by atoms with van der Waals surface area (Å²) in [5.41, 5.74) is 1.64. The monoisotopic (exact) mass is 396 g/mol. The number of likely N-dealkylation sites (tertiary alicyclic amines) is 1. The maximum atomic E-state index is 12.8. The number of ether oxygens (including phenoxy) is 2. The Balaban J connectivity index is 1.56. The van der Waals surface area contributed by atoms with Gasteiger partial charge in [0.05, 0.1) is 20.3 Å². The Hall–Kier alpha value is -3.02. The number of amides is 2. The molecule has 0 radical (unpaired) electrons. The zero-order valence-electron chi connectivity index (χ0n) is 17.2. The highest BCUT2D eigenvalue weighted by molar-refractivity contribution is 5.95. The van der Waals surface area contributed by atoms with Crippen molar-refractivity contribution in [3.63, 3.8) is 0 Å². The van der Waals surface area contributed by atoms with Gasteiger partial charge in [-0.25, -0.2) is 0 Å². The van der Waals surface area contributed by atoms with Crippen LogP contribution in [0.2, 0.25) is 0 Å². The molecule has 0 aliphatic carbocycles. The predicted molar refractivity (Wildman–Crippen MR) is 111 cm³/mol. The molecule has 1 heterocycles. The van der Waals surface area contributed by atoms with Gasteiger partial charge in [0, 0.05) is 24.6 Å². The van der Waals surface area contributed by atoms with Crippen LogP contribution in [0.1, 0.15) is 41.7 Å². The lowest BCUT2D eigenvalue weighted by molar-refractivity contribution is -0.126. The molecule has 3 rings (SSSR count). The van der Waals surface area contributed by atoms with Crippen LogP contribution >= 0.6 is 0 Å². The van der Waals surface area contributed by atoms with Gasteiger partial charge in [-0.3, -0.25) is 9.59 Å². The summed E-state index contributed by atoms with van der Waals surface area (Å²) in [6, 6.07) is 15.1. The SMILES string of the molecule is COc1ccc(C(=O)N2CCC(C(=O)N[C@@H](C)c3ccccc3)CC2)cc1OC.